The van der Waals surface area contributed by atoms with Crippen molar-refractivity contribution in [1.29, 1.82) is 0 Å². The molecule has 0 spiro atoms. The van der Waals surface area contributed by atoms with Crippen LogP contribution in [0.1, 0.15) is 0 Å². The Morgan fingerprint density at radius 3 is 2.73 bits per heavy atom. The molecule has 1 aromatic heterocycles. The molecule has 1 aliphatic rings. The van der Waals surface area contributed by atoms with Crippen LogP contribution in [-0.4, -0.2) is 34.7 Å². The summed E-state index contributed by atoms with van der Waals surface area (Å²) < 4.78 is 4.40. The van der Waals surface area contributed by atoms with E-state index in [9.17, 15) is 4.79 Å². The normalized spacial score (nSPS) is 14.4. The summed E-state index contributed by atoms with van der Waals surface area (Å²) in [5.41, 5.74) is 0. The third-order valence-corrected chi connectivity index (χ3v) is 0.936. The van der Waals surface area contributed by atoms with E-state index in [1.165, 1.54) is 0 Å². The second-order valence-corrected chi connectivity index (χ2v) is 1.72. The van der Waals surface area contributed by atoms with Crippen LogP contribution in [0.25, 0.3) is 0 Å². The van der Waals surface area contributed by atoms with Gasteiger partial charge in [-0.3, -0.25) is 5.10 Å². The molecule has 6 nitrogen and oxygen atoms in total. The summed E-state index contributed by atoms with van der Waals surface area (Å²) in [6.45, 7) is 1.19. The van der Waals surface area contributed by atoms with Gasteiger partial charge in [-0.2, -0.15) is 0 Å². The Bertz CT molecular complexity index is 173. The van der Waals surface area contributed by atoms with Crippen LogP contribution in [0.3, 0.4) is 0 Å². The number of H-pyrrole nitrogens is 1. The summed E-state index contributed by atoms with van der Waals surface area (Å²) in [5, 5.41) is 11.7. The van der Waals surface area contributed by atoms with Crippen molar-refractivity contribution in [2.24, 2.45) is 0 Å². The van der Waals surface area contributed by atoms with Gasteiger partial charge in [0.2, 0.25) is 0 Å². The summed E-state index contributed by atoms with van der Waals surface area (Å²) in [4.78, 5) is 9.91. The molecule has 1 aliphatic heterocycles. The second kappa shape index (κ2) is 4.26. The van der Waals surface area contributed by atoms with Gasteiger partial charge in [-0.25, -0.2) is 4.79 Å². The maximum Gasteiger partial charge on any atom is 0.407 e. The molecule has 2 N–H and O–H groups in total. The number of hydrogen-bond donors (Lipinski definition) is 2. The molecular formula is C5H8N4O2. The molecule has 0 unspecified atom stereocenters. The third-order valence-electron chi connectivity index (χ3n) is 0.936. The standard InChI is InChI=1S/C3H5NO2.C2H3N3/c5-3-4-1-2-6-3;1-2-4-5-3-1/h1-2H2,(H,4,5);1-2H,(H,3,4,5). The lowest BCUT2D eigenvalue weighted by Crippen LogP contribution is -2.11. The van der Waals surface area contributed by atoms with Crippen LogP contribution in [0.15, 0.2) is 12.4 Å². The minimum Gasteiger partial charge on any atom is -0.448 e. The number of ether oxygens (including phenoxy) is 1. The van der Waals surface area contributed by atoms with Gasteiger partial charge in [0, 0.05) is 6.20 Å². The molecule has 0 saturated carbocycles. The Morgan fingerprint density at radius 1 is 1.64 bits per heavy atom. The number of rotatable bonds is 0. The summed E-state index contributed by atoms with van der Waals surface area (Å²) in [7, 11) is 0. The van der Waals surface area contributed by atoms with Crippen LogP contribution < -0.4 is 5.32 Å². The number of aromatic nitrogens is 3. The van der Waals surface area contributed by atoms with Crippen LogP contribution in [0.4, 0.5) is 4.79 Å². The minimum absolute atomic E-state index is 0.296. The Morgan fingerprint density at radius 2 is 2.55 bits per heavy atom. The SMILES string of the molecule is O=C1NCCO1.c1c[nH]nn1. The quantitative estimate of drug-likeness (QED) is 0.532. The van der Waals surface area contributed by atoms with E-state index in [1.54, 1.807) is 12.4 Å². The zero-order chi connectivity index (χ0) is 7.94. The molecule has 0 atom stereocenters. The molecule has 11 heavy (non-hydrogen) atoms. The predicted molar refractivity (Wildman–Crippen MR) is 35.7 cm³/mol. The van der Waals surface area contributed by atoms with E-state index in [0.717, 1.165) is 0 Å². The zero-order valence-electron chi connectivity index (χ0n) is 5.78. The van der Waals surface area contributed by atoms with E-state index in [0.29, 0.717) is 13.2 Å². The first-order chi connectivity index (χ1) is 5.39. The van der Waals surface area contributed by atoms with Crippen molar-refractivity contribution < 1.29 is 9.53 Å². The number of nitrogens with one attached hydrogen (secondary N) is 2. The molecule has 1 aromatic rings. The number of amides is 1. The molecule has 2 heterocycles. The van der Waals surface area contributed by atoms with Crippen LogP contribution in [-0.2, 0) is 4.74 Å². The van der Waals surface area contributed by atoms with Crippen molar-refractivity contribution >= 4 is 6.09 Å². The Hall–Kier alpha value is -1.59. The maximum atomic E-state index is 9.91. The number of alkyl carbamates (subject to hydrolysis) is 1. The highest BCUT2D eigenvalue weighted by Crippen LogP contribution is 1.82. The summed E-state index contributed by atoms with van der Waals surface area (Å²) in [5.74, 6) is 0. The smallest absolute Gasteiger partial charge is 0.407 e. The number of hydrogen-bond acceptors (Lipinski definition) is 4. The molecule has 1 amide bonds. The average molecular weight is 156 g/mol. The van der Waals surface area contributed by atoms with Gasteiger partial charge in [-0.05, 0) is 0 Å². The summed E-state index contributed by atoms with van der Waals surface area (Å²) >= 11 is 0. The van der Waals surface area contributed by atoms with E-state index < -0.39 is 0 Å². The fourth-order valence-corrected chi connectivity index (χ4v) is 0.515. The van der Waals surface area contributed by atoms with Crippen LogP contribution in [0, 0.1) is 0 Å². The van der Waals surface area contributed by atoms with Gasteiger partial charge in [0.25, 0.3) is 0 Å². The highest BCUT2D eigenvalue weighted by Gasteiger charge is 2.06. The zero-order valence-corrected chi connectivity index (χ0v) is 5.78. The van der Waals surface area contributed by atoms with Crippen molar-refractivity contribution in [2.45, 2.75) is 0 Å². The molecule has 1 saturated heterocycles. The van der Waals surface area contributed by atoms with Gasteiger partial charge in [0.05, 0.1) is 12.7 Å². The van der Waals surface area contributed by atoms with Gasteiger partial charge in [-0.15, -0.1) is 5.10 Å². The molecule has 0 bridgehead atoms. The third kappa shape index (κ3) is 3.19. The Labute approximate surface area is 62.9 Å². The van der Waals surface area contributed by atoms with Crippen LogP contribution in [0.5, 0.6) is 0 Å². The average Bonchev–Trinajstić information content (AvgIpc) is 2.57. The number of carbonyl (C=O) groups is 1. The van der Waals surface area contributed by atoms with Crippen molar-refractivity contribution in [1.82, 2.24) is 20.7 Å². The van der Waals surface area contributed by atoms with E-state index >= 15 is 0 Å². The van der Waals surface area contributed by atoms with E-state index in [4.69, 9.17) is 0 Å². The van der Waals surface area contributed by atoms with Gasteiger partial charge in [0.15, 0.2) is 0 Å². The lowest BCUT2D eigenvalue weighted by Gasteiger charge is -1.80. The molecule has 1 fully saturated rings. The van der Waals surface area contributed by atoms with Gasteiger partial charge < -0.3 is 10.1 Å². The predicted octanol–water partition coefficient (Wildman–Crippen LogP) is -0.469. The molecular weight excluding hydrogens is 148 g/mol. The van der Waals surface area contributed by atoms with Gasteiger partial charge >= 0.3 is 6.09 Å². The van der Waals surface area contributed by atoms with Gasteiger partial charge in [-0.1, -0.05) is 5.21 Å². The van der Waals surface area contributed by atoms with E-state index in [1.807, 2.05) is 0 Å². The largest absolute Gasteiger partial charge is 0.448 e. The van der Waals surface area contributed by atoms with Crippen LogP contribution in [0.2, 0.25) is 0 Å². The van der Waals surface area contributed by atoms with Gasteiger partial charge in [0.1, 0.15) is 6.61 Å². The minimum atomic E-state index is -0.296. The maximum absolute atomic E-state index is 9.91. The summed E-state index contributed by atoms with van der Waals surface area (Å²) in [6, 6.07) is 0. The highest BCUT2D eigenvalue weighted by molar-refractivity contribution is 5.68. The molecule has 0 aromatic carbocycles. The van der Waals surface area contributed by atoms with E-state index in [2.05, 4.69) is 25.5 Å². The highest BCUT2D eigenvalue weighted by atomic mass is 16.6. The Kier molecular flexibility index (Phi) is 2.91. The Balaban J connectivity index is 0.000000112. The first-order valence-electron chi connectivity index (χ1n) is 3.10. The van der Waals surface area contributed by atoms with Crippen LogP contribution >= 0.6 is 0 Å². The van der Waals surface area contributed by atoms with E-state index in [-0.39, 0.29) is 6.09 Å². The molecule has 0 aliphatic carbocycles. The summed E-state index contributed by atoms with van der Waals surface area (Å²) in [6.07, 6.45) is 2.94. The second-order valence-electron chi connectivity index (χ2n) is 1.72. The monoisotopic (exact) mass is 156 g/mol. The molecule has 60 valence electrons. The number of carbonyl (C=O) groups excluding carboxylic acids is 1. The first kappa shape index (κ1) is 7.52. The number of cyclic esters (lactones) is 1. The van der Waals surface area contributed by atoms with Crippen molar-refractivity contribution in [2.75, 3.05) is 13.2 Å². The van der Waals surface area contributed by atoms with Crippen molar-refractivity contribution in [3.63, 3.8) is 0 Å². The number of aromatic amines is 1. The molecule has 2 rings (SSSR count). The number of nitrogens with zero attached hydrogens (tertiary/aromatic N) is 2. The first-order valence-corrected chi connectivity index (χ1v) is 3.10. The fraction of sp³-hybridized carbons (Fsp3) is 0.400. The fourth-order valence-electron chi connectivity index (χ4n) is 0.515. The lowest BCUT2D eigenvalue weighted by molar-refractivity contribution is 0.178. The van der Waals surface area contributed by atoms with Crippen molar-refractivity contribution in [3.05, 3.63) is 12.4 Å². The molecule has 6 heteroatoms. The topological polar surface area (TPSA) is 79.9 Å². The van der Waals surface area contributed by atoms with Crippen molar-refractivity contribution in [3.8, 4) is 0 Å². The lowest BCUT2D eigenvalue weighted by atomic mass is 10.7. The molecule has 0 radical (unpaired) electrons.